The van der Waals surface area contributed by atoms with Gasteiger partial charge in [0.2, 0.25) is 0 Å². The number of benzene rings is 1. The van der Waals surface area contributed by atoms with Crippen LogP contribution in [0.5, 0.6) is 0 Å². The van der Waals surface area contributed by atoms with E-state index in [2.05, 4.69) is 15.6 Å². The van der Waals surface area contributed by atoms with Gasteiger partial charge in [-0.25, -0.2) is 27.7 Å². The van der Waals surface area contributed by atoms with Crippen molar-refractivity contribution in [2.24, 2.45) is 5.92 Å². The largest absolute Gasteiger partial charge is 0.371 e. The van der Waals surface area contributed by atoms with Crippen molar-refractivity contribution < 1.29 is 27.8 Å². The molecule has 16 heteroatoms. The molecule has 1 aromatic carbocycles. The third-order valence-electron chi connectivity index (χ3n) is 7.37. The number of alkyl halides is 2. The first kappa shape index (κ1) is 30.3. The fraction of sp³-hybridized carbons (Fsp3) is 0.444. The van der Waals surface area contributed by atoms with Crippen LogP contribution in [0.4, 0.5) is 29.3 Å². The molecule has 228 valence electrons. The Morgan fingerprint density at radius 2 is 2.05 bits per heavy atom. The summed E-state index contributed by atoms with van der Waals surface area (Å²) in [6, 6.07) is 3.98. The zero-order valence-electron chi connectivity index (χ0n) is 23.0. The van der Waals surface area contributed by atoms with Gasteiger partial charge in [-0.15, -0.1) is 0 Å². The van der Waals surface area contributed by atoms with Crippen molar-refractivity contribution in [1.29, 1.82) is 5.26 Å². The van der Waals surface area contributed by atoms with Gasteiger partial charge in [-0.2, -0.15) is 5.26 Å². The molecular weight excluding hydrogens is 595 g/mol. The summed E-state index contributed by atoms with van der Waals surface area (Å²) in [7, 11) is 0. The molecule has 2 amide bonds. The summed E-state index contributed by atoms with van der Waals surface area (Å²) >= 11 is 5.98. The first-order valence-corrected chi connectivity index (χ1v) is 13.7. The fourth-order valence-corrected chi connectivity index (χ4v) is 5.16. The molecule has 2 fully saturated rings. The number of ether oxygens (including phenoxy) is 1. The van der Waals surface area contributed by atoms with E-state index in [1.54, 1.807) is 13.8 Å². The maximum absolute atomic E-state index is 15.2. The highest BCUT2D eigenvalue weighted by molar-refractivity contribution is 6.31. The maximum Gasteiger partial charge on any atom is 0.331 e. The van der Waals surface area contributed by atoms with Gasteiger partial charge in [-0.1, -0.05) is 11.6 Å². The normalized spacial score (nSPS) is 20.1. The number of fused-ring (bicyclic) bond motifs is 1. The number of aromatic nitrogens is 3. The van der Waals surface area contributed by atoms with Gasteiger partial charge in [0.15, 0.2) is 11.9 Å². The Morgan fingerprint density at radius 3 is 2.67 bits per heavy atom. The molecular formula is C27H27ClF3N7O5. The minimum atomic E-state index is -2.96. The second-order valence-electron chi connectivity index (χ2n) is 10.7. The number of morpholine rings is 1. The van der Waals surface area contributed by atoms with Crippen LogP contribution in [0.3, 0.4) is 0 Å². The summed E-state index contributed by atoms with van der Waals surface area (Å²) in [5.74, 6) is -5.03. The van der Waals surface area contributed by atoms with Crippen LogP contribution in [0.1, 0.15) is 32.0 Å². The molecule has 3 atom stereocenters. The molecule has 2 aliphatic rings. The summed E-state index contributed by atoms with van der Waals surface area (Å²) in [6.45, 7) is 2.83. The SMILES string of the molecule is CC(C)n1c(=O)n(CC2CC2(F)F)c(=O)c2cc(NC(=O)N3CCO[C@@H](C(O)Nc4cnc(C#N)c(Cl)c4)C3)c(F)cc21. The molecule has 3 aromatic rings. The van der Waals surface area contributed by atoms with Gasteiger partial charge in [-0.3, -0.25) is 13.9 Å². The van der Waals surface area contributed by atoms with Crippen LogP contribution in [-0.2, 0) is 11.3 Å². The topological polar surface area (TPSA) is 155 Å². The monoisotopic (exact) mass is 621 g/mol. The quantitative estimate of drug-likeness (QED) is 0.340. The molecule has 5 rings (SSSR count). The summed E-state index contributed by atoms with van der Waals surface area (Å²) in [4.78, 5) is 44.6. The van der Waals surface area contributed by atoms with E-state index in [0.29, 0.717) is 5.69 Å². The molecule has 1 saturated heterocycles. The lowest BCUT2D eigenvalue weighted by Crippen LogP contribution is -2.52. The van der Waals surface area contributed by atoms with Crippen molar-refractivity contribution in [3.63, 3.8) is 0 Å². The van der Waals surface area contributed by atoms with Crippen LogP contribution >= 0.6 is 11.6 Å². The van der Waals surface area contributed by atoms with E-state index in [9.17, 15) is 28.3 Å². The molecule has 1 aliphatic carbocycles. The Kier molecular flexibility index (Phi) is 8.12. The number of halogens is 4. The average molecular weight is 622 g/mol. The van der Waals surface area contributed by atoms with Crippen LogP contribution in [0.15, 0.2) is 34.0 Å². The number of aliphatic hydroxyl groups is 1. The third-order valence-corrected chi connectivity index (χ3v) is 7.66. The van der Waals surface area contributed by atoms with E-state index in [0.717, 1.165) is 21.3 Å². The highest BCUT2D eigenvalue weighted by Crippen LogP contribution is 2.49. The molecule has 1 saturated carbocycles. The van der Waals surface area contributed by atoms with Gasteiger partial charge >= 0.3 is 11.7 Å². The van der Waals surface area contributed by atoms with E-state index in [4.69, 9.17) is 21.6 Å². The lowest BCUT2D eigenvalue weighted by Gasteiger charge is -2.35. The molecule has 0 spiro atoms. The van der Waals surface area contributed by atoms with Crippen LogP contribution in [0, 0.1) is 23.1 Å². The lowest BCUT2D eigenvalue weighted by molar-refractivity contribution is -0.0679. The van der Waals surface area contributed by atoms with Gasteiger partial charge in [0.1, 0.15) is 18.0 Å². The number of nitriles is 1. The molecule has 12 nitrogen and oxygen atoms in total. The number of rotatable bonds is 7. The molecule has 2 unspecified atom stereocenters. The van der Waals surface area contributed by atoms with Crippen molar-refractivity contribution >= 4 is 39.9 Å². The lowest BCUT2D eigenvalue weighted by atomic mass is 10.2. The first-order valence-electron chi connectivity index (χ1n) is 13.3. The van der Waals surface area contributed by atoms with Crippen molar-refractivity contribution in [1.82, 2.24) is 19.0 Å². The van der Waals surface area contributed by atoms with Gasteiger partial charge < -0.3 is 25.4 Å². The number of aliphatic hydroxyl groups excluding tert-OH is 1. The van der Waals surface area contributed by atoms with E-state index >= 15 is 4.39 Å². The standard InChI is InChI=1S/C27H27ClF3N7O5/c1-13(2)38-21-7-18(29)19(6-16(21)24(40)37(26(38)42)11-14-8-27(14,30)31)35-25(41)36-3-4-43-22(12-36)23(39)34-15-5-17(28)20(9-32)33-10-15/h5-7,10,13-14,22-23,34,39H,3-4,8,11-12H2,1-2H3,(H,35,41)/t14?,22-,23?/m1/s1. The fourth-order valence-electron chi connectivity index (χ4n) is 4.95. The minimum Gasteiger partial charge on any atom is -0.371 e. The number of amides is 2. The molecule has 3 heterocycles. The Bertz CT molecular complexity index is 1760. The summed E-state index contributed by atoms with van der Waals surface area (Å²) < 4.78 is 49.9. The van der Waals surface area contributed by atoms with Gasteiger partial charge in [0, 0.05) is 37.5 Å². The minimum absolute atomic E-state index is 0.00950. The number of nitrogens with one attached hydrogen (secondary N) is 2. The first-order chi connectivity index (χ1) is 20.3. The van der Waals surface area contributed by atoms with Crippen LogP contribution in [-0.4, -0.2) is 68.1 Å². The second kappa shape index (κ2) is 11.5. The van der Waals surface area contributed by atoms with E-state index in [1.807, 2.05) is 6.07 Å². The average Bonchev–Trinajstić information content (AvgIpc) is 3.57. The van der Waals surface area contributed by atoms with Crippen LogP contribution in [0.25, 0.3) is 10.9 Å². The number of carbonyl (C=O) groups excluding carboxylic acids is 1. The van der Waals surface area contributed by atoms with Gasteiger partial charge in [0.05, 0.1) is 46.6 Å². The molecule has 0 bridgehead atoms. The second-order valence-corrected chi connectivity index (χ2v) is 11.1. The Labute approximate surface area is 247 Å². The van der Waals surface area contributed by atoms with Crippen molar-refractivity contribution in [3.8, 4) is 6.07 Å². The zero-order valence-corrected chi connectivity index (χ0v) is 23.7. The number of nitrogens with zero attached hydrogens (tertiary/aromatic N) is 5. The van der Waals surface area contributed by atoms with Crippen molar-refractivity contribution in [2.45, 2.75) is 51.1 Å². The number of anilines is 2. The molecule has 3 N–H and O–H groups in total. The maximum atomic E-state index is 15.2. The Hall–Kier alpha value is -4.13. The highest BCUT2D eigenvalue weighted by Gasteiger charge is 2.57. The van der Waals surface area contributed by atoms with Crippen molar-refractivity contribution in [2.75, 3.05) is 30.3 Å². The highest BCUT2D eigenvalue weighted by atomic mass is 35.5. The molecule has 0 radical (unpaired) electrons. The van der Waals surface area contributed by atoms with E-state index < -0.39 is 66.3 Å². The van der Waals surface area contributed by atoms with E-state index in [1.165, 1.54) is 17.2 Å². The van der Waals surface area contributed by atoms with Gasteiger partial charge in [-0.05, 0) is 26.0 Å². The predicted octanol–water partition coefficient (Wildman–Crippen LogP) is 3.12. The number of hydrogen-bond acceptors (Lipinski definition) is 8. The summed E-state index contributed by atoms with van der Waals surface area (Å²) in [6.07, 6.45) is -1.37. The Morgan fingerprint density at radius 1 is 1.33 bits per heavy atom. The van der Waals surface area contributed by atoms with E-state index in [-0.39, 0.29) is 47.0 Å². The number of carbonyl (C=O) groups is 1. The zero-order chi connectivity index (χ0) is 31.2. The summed E-state index contributed by atoms with van der Waals surface area (Å²) in [5, 5.41) is 24.7. The molecule has 43 heavy (non-hydrogen) atoms. The van der Waals surface area contributed by atoms with Crippen LogP contribution in [0.2, 0.25) is 5.02 Å². The number of urea groups is 1. The van der Waals surface area contributed by atoms with Crippen molar-refractivity contribution in [3.05, 3.63) is 61.8 Å². The number of hydrogen-bond donors (Lipinski definition) is 3. The third kappa shape index (κ3) is 6.03. The number of pyridine rings is 1. The Balaban J connectivity index is 1.36. The molecule has 2 aromatic heterocycles. The summed E-state index contributed by atoms with van der Waals surface area (Å²) in [5.41, 5.74) is -1.76. The smallest absolute Gasteiger partial charge is 0.331 e. The van der Waals surface area contributed by atoms with Gasteiger partial charge in [0.25, 0.3) is 11.5 Å². The van der Waals surface area contributed by atoms with Crippen LogP contribution < -0.4 is 21.9 Å². The molecule has 1 aliphatic heterocycles. The predicted molar refractivity (Wildman–Crippen MR) is 150 cm³/mol.